The third-order valence-corrected chi connectivity index (χ3v) is 11.8. The van der Waals surface area contributed by atoms with Crippen LogP contribution in [0.1, 0.15) is 69.5 Å². The molecule has 0 aliphatic rings. The SMILES string of the molecule is Cc1c(COc2cc(OCc3cncc(C#N)c3)c(CNC[C@H](C)C(=O)O)cc2Cl)cccc1-c1cccc(COc2cc(OCc3cncc(C#N)c3)c(CNC[C@H](C)C(=O)O)cc2Cl)c1C. The number of carbonyl (C=O) groups is 2. The summed E-state index contributed by atoms with van der Waals surface area (Å²) in [5.74, 6) is -1.28. The van der Waals surface area contributed by atoms with Gasteiger partial charge < -0.3 is 39.8 Å². The molecule has 0 aliphatic heterocycles. The Morgan fingerprint density at radius 2 is 0.985 bits per heavy atom. The van der Waals surface area contributed by atoms with E-state index in [2.05, 4.69) is 44.9 Å². The van der Waals surface area contributed by atoms with Crippen LogP contribution in [-0.4, -0.2) is 45.2 Å². The summed E-state index contributed by atoms with van der Waals surface area (Å²) in [7, 11) is 0. The summed E-state index contributed by atoms with van der Waals surface area (Å²) < 4.78 is 25.2. The van der Waals surface area contributed by atoms with E-state index in [1.54, 1.807) is 62.6 Å². The van der Waals surface area contributed by atoms with Crippen LogP contribution >= 0.6 is 23.2 Å². The summed E-state index contributed by atoms with van der Waals surface area (Å²) in [4.78, 5) is 31.1. The number of ether oxygens (including phenoxy) is 4. The molecule has 350 valence electrons. The van der Waals surface area contributed by atoms with Gasteiger partial charge in [0.2, 0.25) is 0 Å². The highest BCUT2D eigenvalue weighted by atomic mass is 35.5. The molecule has 0 spiro atoms. The number of halogens is 2. The average Bonchev–Trinajstić information content (AvgIpc) is 3.33. The van der Waals surface area contributed by atoms with Gasteiger partial charge in [0.25, 0.3) is 0 Å². The van der Waals surface area contributed by atoms with Crippen molar-refractivity contribution >= 4 is 35.1 Å². The third-order valence-electron chi connectivity index (χ3n) is 11.2. The molecule has 14 nitrogen and oxygen atoms in total. The first-order chi connectivity index (χ1) is 32.7. The lowest BCUT2D eigenvalue weighted by Gasteiger charge is -2.19. The molecule has 2 atom stereocenters. The maximum atomic E-state index is 11.4. The zero-order valence-corrected chi connectivity index (χ0v) is 39.4. The quantitative estimate of drug-likeness (QED) is 0.0471. The molecule has 4 aromatic carbocycles. The number of nitrogens with zero attached hydrogens (tertiary/aromatic N) is 4. The second-order valence-corrected chi connectivity index (χ2v) is 17.1. The van der Waals surface area contributed by atoms with Crippen LogP contribution in [0.15, 0.2) is 97.6 Å². The van der Waals surface area contributed by atoms with Gasteiger partial charge in [-0.3, -0.25) is 19.6 Å². The lowest BCUT2D eigenvalue weighted by molar-refractivity contribution is -0.141. The van der Waals surface area contributed by atoms with Crippen LogP contribution < -0.4 is 29.6 Å². The lowest BCUT2D eigenvalue weighted by atomic mass is 9.92. The van der Waals surface area contributed by atoms with Crippen molar-refractivity contribution in [1.29, 1.82) is 10.5 Å². The van der Waals surface area contributed by atoms with Crippen molar-refractivity contribution in [3.8, 4) is 46.3 Å². The zero-order chi connectivity index (χ0) is 48.7. The van der Waals surface area contributed by atoms with Gasteiger partial charge in [0.05, 0.1) is 33.0 Å². The molecule has 4 N–H and O–H groups in total. The first-order valence-electron chi connectivity index (χ1n) is 21.6. The van der Waals surface area contributed by atoms with Crippen molar-refractivity contribution in [2.24, 2.45) is 11.8 Å². The molecule has 0 bridgehead atoms. The third kappa shape index (κ3) is 13.5. The molecule has 6 aromatic rings. The lowest BCUT2D eigenvalue weighted by Crippen LogP contribution is -2.26. The largest absolute Gasteiger partial charge is 0.488 e. The van der Waals surface area contributed by atoms with Crippen LogP contribution in [-0.2, 0) is 49.1 Å². The first-order valence-corrected chi connectivity index (χ1v) is 22.4. The van der Waals surface area contributed by atoms with Crippen molar-refractivity contribution in [2.75, 3.05) is 13.1 Å². The fourth-order valence-electron chi connectivity index (χ4n) is 7.09. The molecule has 2 aromatic heterocycles. The van der Waals surface area contributed by atoms with Crippen molar-refractivity contribution in [2.45, 2.75) is 67.2 Å². The monoisotopic (exact) mass is 956 g/mol. The highest BCUT2D eigenvalue weighted by Gasteiger charge is 2.19. The number of carboxylic acids is 2. The van der Waals surface area contributed by atoms with E-state index in [9.17, 15) is 30.3 Å². The molecule has 0 amide bonds. The van der Waals surface area contributed by atoms with E-state index >= 15 is 0 Å². The number of benzene rings is 4. The average molecular weight is 958 g/mol. The Kier molecular flexibility index (Phi) is 17.7. The Labute approximate surface area is 405 Å². The highest BCUT2D eigenvalue weighted by molar-refractivity contribution is 6.32. The Balaban J connectivity index is 1.19. The van der Waals surface area contributed by atoms with Crippen LogP contribution in [0.4, 0.5) is 0 Å². The molecule has 0 radical (unpaired) electrons. The molecule has 2 heterocycles. The number of hydrogen-bond donors (Lipinski definition) is 4. The van der Waals surface area contributed by atoms with E-state index in [0.717, 1.165) is 33.4 Å². The second-order valence-electron chi connectivity index (χ2n) is 16.2. The molecular formula is C52H50Cl2N6O8. The van der Waals surface area contributed by atoms with Gasteiger partial charge in [-0.25, -0.2) is 0 Å². The van der Waals surface area contributed by atoms with Crippen molar-refractivity contribution in [1.82, 2.24) is 20.6 Å². The molecule has 0 saturated carbocycles. The topological polar surface area (TPSA) is 209 Å². The van der Waals surface area contributed by atoms with E-state index in [0.29, 0.717) is 66.4 Å². The minimum Gasteiger partial charge on any atom is -0.488 e. The van der Waals surface area contributed by atoms with Gasteiger partial charge in [0.1, 0.15) is 61.6 Å². The Morgan fingerprint density at radius 1 is 0.588 bits per heavy atom. The molecule has 0 fully saturated rings. The molecule has 16 heteroatoms. The summed E-state index contributed by atoms with van der Waals surface area (Å²) in [6.07, 6.45) is 6.19. The van der Waals surface area contributed by atoms with Crippen LogP contribution in [0.5, 0.6) is 23.0 Å². The van der Waals surface area contributed by atoms with E-state index in [4.69, 9.17) is 42.1 Å². The fourth-order valence-corrected chi connectivity index (χ4v) is 7.57. The highest BCUT2D eigenvalue weighted by Crippen LogP contribution is 2.37. The Bertz CT molecular complexity index is 2670. The minimum atomic E-state index is -0.908. The van der Waals surface area contributed by atoms with Crippen LogP contribution in [0.3, 0.4) is 0 Å². The van der Waals surface area contributed by atoms with Crippen LogP contribution in [0, 0.1) is 48.3 Å². The molecule has 68 heavy (non-hydrogen) atoms. The van der Waals surface area contributed by atoms with E-state index in [1.165, 1.54) is 12.4 Å². The van der Waals surface area contributed by atoms with Gasteiger partial charge in [0, 0.05) is 85.4 Å². The number of rotatable bonds is 23. The van der Waals surface area contributed by atoms with Gasteiger partial charge in [-0.05, 0) is 71.5 Å². The summed E-state index contributed by atoms with van der Waals surface area (Å²) in [6, 6.07) is 26.5. The summed E-state index contributed by atoms with van der Waals surface area (Å²) >= 11 is 13.6. The number of nitriles is 2. The zero-order valence-electron chi connectivity index (χ0n) is 37.9. The molecule has 0 unspecified atom stereocenters. The number of nitrogens with one attached hydrogen (secondary N) is 2. The van der Waals surface area contributed by atoms with E-state index in [-0.39, 0.29) is 52.6 Å². The number of aromatic nitrogens is 2. The summed E-state index contributed by atoms with van der Waals surface area (Å²) in [5.41, 5.74) is 9.46. The molecule has 0 saturated heterocycles. The predicted molar refractivity (Wildman–Crippen MR) is 257 cm³/mol. The van der Waals surface area contributed by atoms with Crippen molar-refractivity contribution < 1.29 is 38.7 Å². The second kappa shape index (κ2) is 24.0. The van der Waals surface area contributed by atoms with E-state index < -0.39 is 23.8 Å². The standard InChI is InChI=1S/C52H50Cl2N6O8/c1-31(51(61)62)19-57-25-41-13-45(53)49(15-47(41)65-27-37-11-35(17-55)21-59-23-37)67-29-39-7-5-9-43(33(39)3)44-10-6-8-40(34(44)4)30-68-50-16-48(66-28-38-12-36(18-56)22-60-24-38)42(14-46(50)54)26-58-20-32(2)52(63)64/h5-16,21-24,31-32,57-58H,19-20,25-30H2,1-4H3,(H,61,62)(H,63,64)/t31-,32-/m0/s1. The number of hydrogen-bond acceptors (Lipinski definition) is 12. The first kappa shape index (κ1) is 50.2. The minimum absolute atomic E-state index is 0.120. The van der Waals surface area contributed by atoms with E-state index in [1.807, 2.05) is 38.1 Å². The maximum absolute atomic E-state index is 11.4. The van der Waals surface area contributed by atoms with Gasteiger partial charge in [-0.15, -0.1) is 0 Å². The normalized spacial score (nSPS) is 11.8. The molecular weight excluding hydrogens is 908 g/mol. The van der Waals surface area contributed by atoms with Crippen molar-refractivity contribution in [3.63, 3.8) is 0 Å². The smallest absolute Gasteiger partial charge is 0.307 e. The predicted octanol–water partition coefficient (Wildman–Crippen LogP) is 9.75. The maximum Gasteiger partial charge on any atom is 0.307 e. The summed E-state index contributed by atoms with van der Waals surface area (Å²) in [5, 5.41) is 44.5. The Hall–Kier alpha value is -7.20. The number of carboxylic acid groups (broad SMARTS) is 2. The van der Waals surface area contributed by atoms with Gasteiger partial charge in [0.15, 0.2) is 0 Å². The van der Waals surface area contributed by atoms with Crippen LogP contribution in [0.2, 0.25) is 10.0 Å². The van der Waals surface area contributed by atoms with Crippen LogP contribution in [0.25, 0.3) is 11.1 Å². The molecule has 0 aliphatic carbocycles. The van der Waals surface area contributed by atoms with Crippen molar-refractivity contribution in [3.05, 3.63) is 163 Å². The Morgan fingerprint density at radius 3 is 1.37 bits per heavy atom. The van der Waals surface area contributed by atoms with Gasteiger partial charge in [-0.2, -0.15) is 10.5 Å². The molecule has 6 rings (SSSR count). The summed E-state index contributed by atoms with van der Waals surface area (Å²) in [6.45, 7) is 8.99. The fraction of sp³-hybridized carbons (Fsp3) is 0.269. The van der Waals surface area contributed by atoms with Gasteiger partial charge >= 0.3 is 11.9 Å². The number of aliphatic carboxylic acids is 2. The number of pyridine rings is 2. The van der Waals surface area contributed by atoms with Gasteiger partial charge in [-0.1, -0.05) is 73.4 Å².